The molecule has 0 saturated carbocycles. The van der Waals surface area contributed by atoms with Crippen molar-refractivity contribution in [1.82, 2.24) is 9.88 Å². The SMILES string of the molecule is COc1ccc(CN2CC3(COC(C(=O)N(C)Cc4ccccn4)C3)c3ccccc32)cc1. The smallest absolute Gasteiger partial charge is 0.251 e. The van der Waals surface area contributed by atoms with Gasteiger partial charge in [0.2, 0.25) is 0 Å². The quantitative estimate of drug-likeness (QED) is 0.580. The van der Waals surface area contributed by atoms with Gasteiger partial charge in [0.05, 0.1) is 26.0 Å². The molecule has 2 atom stereocenters. The van der Waals surface area contributed by atoms with Crippen molar-refractivity contribution in [2.45, 2.75) is 31.0 Å². The van der Waals surface area contributed by atoms with E-state index in [1.165, 1.54) is 16.8 Å². The lowest BCUT2D eigenvalue weighted by molar-refractivity contribution is -0.140. The molecule has 5 rings (SSSR count). The maximum Gasteiger partial charge on any atom is 0.251 e. The largest absolute Gasteiger partial charge is 0.497 e. The third kappa shape index (κ3) is 4.18. The second-order valence-corrected chi connectivity index (χ2v) is 9.02. The lowest BCUT2D eigenvalue weighted by Gasteiger charge is -2.25. The Morgan fingerprint density at radius 1 is 1.15 bits per heavy atom. The van der Waals surface area contributed by atoms with E-state index in [0.717, 1.165) is 24.5 Å². The summed E-state index contributed by atoms with van der Waals surface area (Å²) in [4.78, 5) is 21.7. The van der Waals surface area contributed by atoms with Crippen LogP contribution in [0.15, 0.2) is 72.9 Å². The monoisotopic (exact) mass is 443 g/mol. The Morgan fingerprint density at radius 2 is 1.94 bits per heavy atom. The molecule has 2 unspecified atom stereocenters. The maximum atomic E-state index is 13.2. The minimum Gasteiger partial charge on any atom is -0.497 e. The number of amides is 1. The summed E-state index contributed by atoms with van der Waals surface area (Å²) in [6.45, 7) is 2.68. The molecule has 1 fully saturated rings. The van der Waals surface area contributed by atoms with Gasteiger partial charge in [0.15, 0.2) is 0 Å². The van der Waals surface area contributed by atoms with Crippen LogP contribution in [-0.4, -0.2) is 49.2 Å². The molecule has 33 heavy (non-hydrogen) atoms. The van der Waals surface area contributed by atoms with Crippen molar-refractivity contribution in [2.75, 3.05) is 32.2 Å². The van der Waals surface area contributed by atoms with Gasteiger partial charge in [0.1, 0.15) is 11.9 Å². The predicted molar refractivity (Wildman–Crippen MR) is 127 cm³/mol. The summed E-state index contributed by atoms with van der Waals surface area (Å²) in [5.41, 5.74) is 4.44. The fourth-order valence-corrected chi connectivity index (χ4v) is 5.07. The van der Waals surface area contributed by atoms with Gasteiger partial charge in [-0.3, -0.25) is 9.78 Å². The average molecular weight is 444 g/mol. The van der Waals surface area contributed by atoms with Crippen molar-refractivity contribution in [2.24, 2.45) is 0 Å². The van der Waals surface area contributed by atoms with Crippen LogP contribution in [0.3, 0.4) is 0 Å². The Hall–Kier alpha value is -3.38. The van der Waals surface area contributed by atoms with Crippen molar-refractivity contribution in [1.29, 1.82) is 0 Å². The molecule has 1 saturated heterocycles. The van der Waals surface area contributed by atoms with Crippen LogP contribution in [0.1, 0.15) is 23.2 Å². The van der Waals surface area contributed by atoms with Gasteiger partial charge < -0.3 is 19.3 Å². The summed E-state index contributed by atoms with van der Waals surface area (Å²) in [6, 6.07) is 22.5. The molecule has 2 aliphatic rings. The van der Waals surface area contributed by atoms with E-state index in [-0.39, 0.29) is 11.3 Å². The van der Waals surface area contributed by atoms with Crippen LogP contribution in [0, 0.1) is 0 Å². The number of rotatable bonds is 6. The van der Waals surface area contributed by atoms with Gasteiger partial charge in [-0.15, -0.1) is 0 Å². The molecule has 1 spiro atoms. The number of anilines is 1. The highest BCUT2D eigenvalue weighted by molar-refractivity contribution is 5.81. The number of benzene rings is 2. The van der Waals surface area contributed by atoms with E-state index < -0.39 is 6.10 Å². The van der Waals surface area contributed by atoms with Gasteiger partial charge in [-0.25, -0.2) is 0 Å². The van der Waals surface area contributed by atoms with Crippen LogP contribution in [0.4, 0.5) is 5.69 Å². The van der Waals surface area contributed by atoms with Crippen molar-refractivity contribution >= 4 is 11.6 Å². The van der Waals surface area contributed by atoms with E-state index in [1.54, 1.807) is 18.2 Å². The molecule has 6 nitrogen and oxygen atoms in total. The van der Waals surface area contributed by atoms with Crippen molar-refractivity contribution in [3.05, 3.63) is 89.7 Å². The van der Waals surface area contributed by atoms with Gasteiger partial charge >= 0.3 is 0 Å². The number of pyridine rings is 1. The molecule has 170 valence electrons. The van der Waals surface area contributed by atoms with Gasteiger partial charge in [-0.05, 0) is 47.9 Å². The maximum absolute atomic E-state index is 13.2. The van der Waals surface area contributed by atoms with E-state index in [2.05, 4.69) is 46.3 Å². The molecule has 0 aliphatic carbocycles. The summed E-state index contributed by atoms with van der Waals surface area (Å²) in [6.07, 6.45) is 2.00. The highest BCUT2D eigenvalue weighted by Crippen LogP contribution is 2.48. The van der Waals surface area contributed by atoms with Crippen LogP contribution < -0.4 is 9.64 Å². The van der Waals surface area contributed by atoms with Crippen LogP contribution >= 0.6 is 0 Å². The minimum atomic E-state index is -0.437. The molecular weight excluding hydrogens is 414 g/mol. The Balaban J connectivity index is 1.32. The van der Waals surface area contributed by atoms with E-state index >= 15 is 0 Å². The standard InChI is InChI=1S/C27H29N3O3/c1-29(17-21-7-5-6-14-28-21)26(31)25-15-27(19-33-25)18-30(24-9-4-3-8-23(24)27)16-20-10-12-22(32-2)13-11-20/h3-14,25H,15-19H2,1-2H3. The van der Waals surface area contributed by atoms with Crippen LogP contribution in [0.25, 0.3) is 0 Å². The van der Waals surface area contributed by atoms with Gasteiger partial charge in [-0.2, -0.15) is 0 Å². The van der Waals surface area contributed by atoms with E-state index in [9.17, 15) is 4.79 Å². The van der Waals surface area contributed by atoms with Gasteiger partial charge in [-0.1, -0.05) is 36.4 Å². The van der Waals surface area contributed by atoms with E-state index in [1.807, 2.05) is 37.4 Å². The predicted octanol–water partition coefficient (Wildman–Crippen LogP) is 3.80. The highest BCUT2D eigenvalue weighted by Gasteiger charge is 2.50. The average Bonchev–Trinajstić information content (AvgIpc) is 3.42. The first-order chi connectivity index (χ1) is 16.1. The fourth-order valence-electron chi connectivity index (χ4n) is 5.07. The number of ether oxygens (including phenoxy) is 2. The lowest BCUT2D eigenvalue weighted by Crippen LogP contribution is -2.38. The Bertz CT molecular complexity index is 1120. The Kier molecular flexibility index (Phi) is 5.77. The molecule has 1 amide bonds. The highest BCUT2D eigenvalue weighted by atomic mass is 16.5. The summed E-state index contributed by atoms with van der Waals surface area (Å²) < 4.78 is 11.4. The molecule has 0 radical (unpaired) electrons. The Morgan fingerprint density at radius 3 is 2.70 bits per heavy atom. The number of likely N-dealkylation sites (N-methyl/N-ethyl adjacent to an activating group) is 1. The Labute approximate surface area is 194 Å². The first-order valence-electron chi connectivity index (χ1n) is 11.3. The summed E-state index contributed by atoms with van der Waals surface area (Å²) in [5, 5.41) is 0. The summed E-state index contributed by atoms with van der Waals surface area (Å²) in [7, 11) is 3.50. The number of fused-ring (bicyclic) bond motifs is 2. The second-order valence-electron chi connectivity index (χ2n) is 9.02. The van der Waals surface area contributed by atoms with Gasteiger partial charge in [0, 0.05) is 37.4 Å². The van der Waals surface area contributed by atoms with Crippen molar-refractivity contribution < 1.29 is 14.3 Å². The molecule has 0 bridgehead atoms. The van der Waals surface area contributed by atoms with Crippen LogP contribution in [-0.2, 0) is 28.0 Å². The molecular formula is C27H29N3O3. The second kappa shape index (κ2) is 8.87. The number of hydrogen-bond acceptors (Lipinski definition) is 5. The molecule has 6 heteroatoms. The van der Waals surface area contributed by atoms with E-state index in [4.69, 9.17) is 9.47 Å². The third-order valence-electron chi connectivity index (χ3n) is 6.76. The number of carbonyl (C=O) groups is 1. The number of aromatic nitrogens is 1. The normalized spacial score (nSPS) is 21.3. The molecule has 0 N–H and O–H groups in total. The molecule has 3 heterocycles. The summed E-state index contributed by atoms with van der Waals surface area (Å²) in [5.74, 6) is 0.876. The number of methoxy groups -OCH3 is 1. The molecule has 3 aromatic rings. The topological polar surface area (TPSA) is 54.9 Å². The summed E-state index contributed by atoms with van der Waals surface area (Å²) >= 11 is 0. The van der Waals surface area contributed by atoms with E-state index in [0.29, 0.717) is 19.6 Å². The van der Waals surface area contributed by atoms with Crippen molar-refractivity contribution in [3.8, 4) is 5.75 Å². The fraction of sp³-hybridized carbons (Fsp3) is 0.333. The third-order valence-corrected chi connectivity index (χ3v) is 6.76. The molecule has 2 aliphatic heterocycles. The lowest BCUT2D eigenvalue weighted by atomic mass is 9.80. The van der Waals surface area contributed by atoms with Gasteiger partial charge in [0.25, 0.3) is 5.91 Å². The number of carbonyl (C=O) groups excluding carboxylic acids is 1. The zero-order chi connectivity index (χ0) is 22.8. The number of para-hydroxylation sites is 1. The first kappa shape index (κ1) is 21.5. The van der Waals surface area contributed by atoms with Crippen molar-refractivity contribution in [3.63, 3.8) is 0 Å². The minimum absolute atomic E-state index is 0.0172. The first-order valence-corrected chi connectivity index (χ1v) is 11.3. The number of nitrogens with zero attached hydrogens (tertiary/aromatic N) is 3. The molecule has 1 aromatic heterocycles. The van der Waals surface area contributed by atoms with Crippen LogP contribution in [0.2, 0.25) is 0 Å². The zero-order valence-corrected chi connectivity index (χ0v) is 19.1. The number of hydrogen-bond donors (Lipinski definition) is 0. The molecule has 2 aromatic carbocycles. The van der Waals surface area contributed by atoms with Crippen LogP contribution in [0.5, 0.6) is 5.75 Å². The zero-order valence-electron chi connectivity index (χ0n) is 19.1.